The molecule has 0 amide bonds. The van der Waals surface area contributed by atoms with Crippen molar-refractivity contribution in [1.29, 1.82) is 0 Å². The number of ether oxygens (including phenoxy) is 1. The summed E-state index contributed by atoms with van der Waals surface area (Å²) in [5, 5.41) is 11.9. The fourth-order valence-corrected chi connectivity index (χ4v) is 1.02. The van der Waals surface area contributed by atoms with E-state index >= 15 is 0 Å². The van der Waals surface area contributed by atoms with Crippen LogP contribution in [0.3, 0.4) is 0 Å². The molecule has 0 fully saturated rings. The van der Waals surface area contributed by atoms with Crippen LogP contribution in [0, 0.1) is 0 Å². The van der Waals surface area contributed by atoms with Gasteiger partial charge in [0, 0.05) is 0 Å². The molecule has 0 heterocycles. The van der Waals surface area contributed by atoms with Crippen LogP contribution in [0.2, 0.25) is 0 Å². The summed E-state index contributed by atoms with van der Waals surface area (Å²) in [4.78, 5) is 11.0. The number of esters is 1. The number of nitrogens with one attached hydrogen (secondary N) is 1. The van der Waals surface area contributed by atoms with Gasteiger partial charge in [0.25, 0.3) is 0 Å². The molecule has 4 nitrogen and oxygen atoms in total. The molecule has 0 spiro atoms. The van der Waals surface area contributed by atoms with Gasteiger partial charge >= 0.3 is 5.97 Å². The maximum absolute atomic E-state index is 11.0. The van der Waals surface area contributed by atoms with Gasteiger partial charge in [0.05, 0.1) is 18.8 Å². The van der Waals surface area contributed by atoms with Gasteiger partial charge in [0.1, 0.15) is 0 Å². The Morgan fingerprint density at radius 1 is 1.43 bits per heavy atom. The maximum atomic E-state index is 11.0. The lowest BCUT2D eigenvalue weighted by Crippen LogP contribution is -2.27. The quantitative estimate of drug-likeness (QED) is 0.472. The minimum absolute atomic E-state index is 0.0539. The minimum atomic E-state index is -0.264. The van der Waals surface area contributed by atoms with Crippen LogP contribution in [-0.4, -0.2) is 36.4 Å². The van der Waals surface area contributed by atoms with Gasteiger partial charge in [-0.15, -0.1) is 0 Å². The predicted octanol–water partition coefficient (Wildman–Crippen LogP) is 0.689. The van der Waals surface area contributed by atoms with Gasteiger partial charge in [-0.2, -0.15) is 0 Å². The lowest BCUT2D eigenvalue weighted by Gasteiger charge is -2.09. The van der Waals surface area contributed by atoms with Gasteiger partial charge in [-0.1, -0.05) is 0 Å². The van der Waals surface area contributed by atoms with Crippen LogP contribution < -0.4 is 5.32 Å². The van der Waals surface area contributed by atoms with E-state index in [2.05, 4.69) is 5.32 Å². The van der Waals surface area contributed by atoms with Crippen LogP contribution in [0.15, 0.2) is 0 Å². The normalized spacial score (nSPS) is 12.9. The molecule has 0 aromatic rings. The Labute approximate surface area is 85.6 Å². The molecule has 0 aliphatic rings. The molecule has 0 bridgehead atoms. The van der Waals surface area contributed by atoms with E-state index in [1.165, 1.54) is 0 Å². The van der Waals surface area contributed by atoms with Gasteiger partial charge in [0.15, 0.2) is 0 Å². The number of hydrogen-bond donors (Lipinski definition) is 2. The average Bonchev–Trinajstić information content (AvgIpc) is 2.01. The first-order chi connectivity index (χ1) is 6.52. The molecular weight excluding hydrogens is 182 g/mol. The molecule has 0 aromatic heterocycles. The van der Waals surface area contributed by atoms with Crippen molar-refractivity contribution >= 4 is 5.97 Å². The number of carbonyl (C=O) groups is 1. The summed E-state index contributed by atoms with van der Waals surface area (Å²) in [7, 11) is 0. The van der Waals surface area contributed by atoms with Gasteiger partial charge in [-0.3, -0.25) is 4.79 Å². The van der Waals surface area contributed by atoms with E-state index in [9.17, 15) is 4.79 Å². The van der Waals surface area contributed by atoms with Crippen LogP contribution in [0.5, 0.6) is 0 Å². The second kappa shape index (κ2) is 7.76. The zero-order chi connectivity index (χ0) is 11.0. The first-order valence-electron chi connectivity index (χ1n) is 5.10. The third-order valence-corrected chi connectivity index (χ3v) is 1.61. The molecule has 0 aromatic carbocycles. The summed E-state index contributed by atoms with van der Waals surface area (Å²) in [6.07, 6.45) is 1.31. The molecule has 4 heteroatoms. The van der Waals surface area contributed by atoms with E-state index in [1.807, 2.05) is 13.8 Å². The topological polar surface area (TPSA) is 58.6 Å². The van der Waals surface area contributed by atoms with Crippen molar-refractivity contribution in [1.82, 2.24) is 5.32 Å². The molecule has 14 heavy (non-hydrogen) atoms. The first kappa shape index (κ1) is 13.4. The monoisotopic (exact) mass is 203 g/mol. The molecular formula is C10H21NO3. The summed E-state index contributed by atoms with van der Waals surface area (Å²) in [5.74, 6) is -0.225. The number of aliphatic hydroxyl groups excluding tert-OH is 1. The second-order valence-electron chi connectivity index (χ2n) is 3.71. The summed E-state index contributed by atoms with van der Waals surface area (Å²) in [6, 6.07) is 0. The molecule has 1 atom stereocenters. The molecule has 0 saturated carbocycles. The fourth-order valence-electron chi connectivity index (χ4n) is 1.02. The molecule has 0 saturated heterocycles. The molecule has 0 aliphatic carbocycles. The van der Waals surface area contributed by atoms with Crippen LogP contribution in [0.25, 0.3) is 0 Å². The number of carbonyl (C=O) groups excluding carboxylic acids is 1. The number of rotatable bonds is 7. The van der Waals surface area contributed by atoms with Crippen LogP contribution >= 0.6 is 0 Å². The van der Waals surface area contributed by atoms with Gasteiger partial charge in [-0.25, -0.2) is 0 Å². The van der Waals surface area contributed by atoms with Crippen LogP contribution in [0.1, 0.15) is 33.6 Å². The lowest BCUT2D eigenvalue weighted by molar-refractivity contribution is -0.146. The summed E-state index contributed by atoms with van der Waals surface area (Å²) < 4.78 is 4.93. The highest BCUT2D eigenvalue weighted by molar-refractivity contribution is 5.71. The largest absolute Gasteiger partial charge is 0.462 e. The Hall–Kier alpha value is -0.610. The molecule has 2 N–H and O–H groups in total. The van der Waals surface area contributed by atoms with Crippen molar-refractivity contribution in [2.24, 2.45) is 0 Å². The molecule has 0 radical (unpaired) electrons. The number of hydrogen-bond acceptors (Lipinski definition) is 4. The highest BCUT2D eigenvalue weighted by Crippen LogP contribution is 1.93. The Kier molecular flexibility index (Phi) is 7.42. The van der Waals surface area contributed by atoms with Gasteiger partial charge in [-0.05, 0) is 40.2 Å². The Balaban J connectivity index is 3.23. The standard InChI is InChI=1S/C10H21NO3/c1-8(2)14-10(13)7-11-6-4-5-9(3)12/h8-9,11-12H,4-7H2,1-3H3. The SMILES string of the molecule is CC(O)CCCNCC(=O)OC(C)C. The van der Waals surface area contributed by atoms with Crippen molar-refractivity contribution in [3.63, 3.8) is 0 Å². The molecule has 1 unspecified atom stereocenters. The van der Waals surface area contributed by atoms with E-state index in [0.717, 1.165) is 19.4 Å². The second-order valence-corrected chi connectivity index (χ2v) is 3.71. The predicted molar refractivity (Wildman–Crippen MR) is 55.0 cm³/mol. The smallest absolute Gasteiger partial charge is 0.320 e. The van der Waals surface area contributed by atoms with Crippen molar-refractivity contribution in [2.45, 2.75) is 45.8 Å². The van der Waals surface area contributed by atoms with E-state index < -0.39 is 0 Å². The Bertz CT molecular complexity index is 157. The molecule has 84 valence electrons. The third-order valence-electron chi connectivity index (χ3n) is 1.61. The van der Waals surface area contributed by atoms with Crippen molar-refractivity contribution < 1.29 is 14.6 Å². The summed E-state index contributed by atoms with van der Waals surface area (Å²) in [5.41, 5.74) is 0. The fraction of sp³-hybridized carbons (Fsp3) is 0.900. The summed E-state index contributed by atoms with van der Waals surface area (Å²) in [6.45, 7) is 6.39. The summed E-state index contributed by atoms with van der Waals surface area (Å²) >= 11 is 0. The minimum Gasteiger partial charge on any atom is -0.462 e. The lowest BCUT2D eigenvalue weighted by atomic mass is 10.2. The van der Waals surface area contributed by atoms with Crippen LogP contribution in [-0.2, 0) is 9.53 Å². The van der Waals surface area contributed by atoms with E-state index in [0.29, 0.717) is 0 Å². The maximum Gasteiger partial charge on any atom is 0.320 e. The Morgan fingerprint density at radius 3 is 2.57 bits per heavy atom. The van der Waals surface area contributed by atoms with E-state index in [4.69, 9.17) is 9.84 Å². The highest BCUT2D eigenvalue weighted by atomic mass is 16.5. The first-order valence-corrected chi connectivity index (χ1v) is 5.10. The number of aliphatic hydroxyl groups is 1. The highest BCUT2D eigenvalue weighted by Gasteiger charge is 2.03. The zero-order valence-corrected chi connectivity index (χ0v) is 9.25. The van der Waals surface area contributed by atoms with E-state index in [-0.39, 0.29) is 24.7 Å². The Morgan fingerprint density at radius 2 is 2.07 bits per heavy atom. The van der Waals surface area contributed by atoms with Gasteiger partial charge < -0.3 is 15.2 Å². The molecule has 0 aliphatic heterocycles. The van der Waals surface area contributed by atoms with E-state index in [1.54, 1.807) is 6.92 Å². The molecule has 0 rings (SSSR count). The van der Waals surface area contributed by atoms with Crippen molar-refractivity contribution in [2.75, 3.05) is 13.1 Å². The van der Waals surface area contributed by atoms with Gasteiger partial charge in [0.2, 0.25) is 0 Å². The van der Waals surface area contributed by atoms with Crippen molar-refractivity contribution in [3.05, 3.63) is 0 Å². The van der Waals surface area contributed by atoms with Crippen LogP contribution in [0.4, 0.5) is 0 Å². The third kappa shape index (κ3) is 9.48. The zero-order valence-electron chi connectivity index (χ0n) is 9.25. The van der Waals surface area contributed by atoms with Crippen molar-refractivity contribution in [3.8, 4) is 0 Å². The average molecular weight is 203 g/mol.